The van der Waals surface area contributed by atoms with E-state index in [0.29, 0.717) is 12.5 Å². The van der Waals surface area contributed by atoms with Crippen LogP contribution in [0.5, 0.6) is 0 Å². The van der Waals surface area contributed by atoms with E-state index in [1.54, 1.807) is 0 Å². The zero-order valence-corrected chi connectivity index (χ0v) is 14.8. The maximum Gasteiger partial charge on any atom is 0.165 e. The van der Waals surface area contributed by atoms with Crippen molar-refractivity contribution < 1.29 is 4.79 Å². The number of rotatable bonds is 5. The van der Waals surface area contributed by atoms with Crippen LogP contribution in [-0.2, 0) is 0 Å². The first kappa shape index (κ1) is 20.0. The number of carbonyl (C=O) groups excluding carboxylic acids is 1. The molecule has 1 saturated heterocycles. The molecule has 2 aromatic rings. The number of nitrogens with zero attached hydrogens (tertiary/aromatic N) is 1. The molecule has 1 aromatic heterocycles. The van der Waals surface area contributed by atoms with Crippen molar-refractivity contribution in [3.05, 3.63) is 36.0 Å². The van der Waals surface area contributed by atoms with Gasteiger partial charge in [-0.15, -0.1) is 24.8 Å². The highest BCUT2D eigenvalue weighted by atomic mass is 35.5. The van der Waals surface area contributed by atoms with E-state index < -0.39 is 0 Å². The van der Waals surface area contributed by atoms with Crippen LogP contribution in [0.1, 0.15) is 36.0 Å². The van der Waals surface area contributed by atoms with Crippen LogP contribution in [0.2, 0.25) is 0 Å². The van der Waals surface area contributed by atoms with Gasteiger partial charge in [-0.25, -0.2) is 0 Å². The Bertz CT molecular complexity index is 621. The molecule has 0 radical (unpaired) electrons. The Morgan fingerprint density at radius 1 is 1.22 bits per heavy atom. The summed E-state index contributed by atoms with van der Waals surface area (Å²) in [6.07, 6.45) is 5.54. The summed E-state index contributed by atoms with van der Waals surface area (Å²) in [5.74, 6) is 0.237. The van der Waals surface area contributed by atoms with Gasteiger partial charge in [0, 0.05) is 35.1 Å². The van der Waals surface area contributed by atoms with Gasteiger partial charge in [-0.3, -0.25) is 4.79 Å². The molecule has 2 heterocycles. The molecule has 1 aliphatic rings. The Hall–Kier alpha value is -1.07. The van der Waals surface area contributed by atoms with E-state index in [-0.39, 0.29) is 30.6 Å². The Morgan fingerprint density at radius 3 is 2.65 bits per heavy atom. The number of carbonyl (C=O) groups is 1. The average Bonchev–Trinajstić information content (AvgIpc) is 2.93. The van der Waals surface area contributed by atoms with E-state index in [0.717, 1.165) is 55.4 Å². The first-order valence-corrected chi connectivity index (χ1v) is 7.81. The number of H-pyrrole nitrogens is 1. The van der Waals surface area contributed by atoms with Gasteiger partial charge in [0.1, 0.15) is 0 Å². The van der Waals surface area contributed by atoms with Gasteiger partial charge in [0.15, 0.2) is 5.78 Å². The van der Waals surface area contributed by atoms with Crippen molar-refractivity contribution in [2.45, 2.75) is 31.7 Å². The Labute approximate surface area is 149 Å². The molecule has 0 unspecified atom stereocenters. The van der Waals surface area contributed by atoms with Gasteiger partial charge in [0.05, 0.1) is 0 Å². The predicted molar refractivity (Wildman–Crippen MR) is 100 cm³/mol. The van der Waals surface area contributed by atoms with Crippen LogP contribution in [-0.4, -0.2) is 41.3 Å². The largest absolute Gasteiger partial charge is 0.360 e. The monoisotopic (exact) mass is 357 g/mol. The molecule has 0 spiro atoms. The average molecular weight is 358 g/mol. The Balaban J connectivity index is 0.00000132. The fourth-order valence-corrected chi connectivity index (χ4v) is 3.08. The second kappa shape index (κ2) is 9.28. The second-order valence-corrected chi connectivity index (χ2v) is 5.95. The van der Waals surface area contributed by atoms with Crippen LogP contribution in [0.15, 0.2) is 30.5 Å². The maximum absolute atomic E-state index is 12.4. The van der Waals surface area contributed by atoms with Gasteiger partial charge >= 0.3 is 0 Å². The smallest absolute Gasteiger partial charge is 0.165 e. The molecule has 1 aromatic carbocycles. The number of Topliss-reactive ketones (excluding diaryl/α,β-unsaturated/α-hetero) is 1. The first-order valence-electron chi connectivity index (χ1n) is 7.81. The van der Waals surface area contributed by atoms with E-state index in [4.69, 9.17) is 5.73 Å². The van der Waals surface area contributed by atoms with Gasteiger partial charge < -0.3 is 15.6 Å². The fourth-order valence-electron chi connectivity index (χ4n) is 3.08. The number of benzene rings is 1. The number of halogens is 2. The van der Waals surface area contributed by atoms with Crippen molar-refractivity contribution in [2.24, 2.45) is 5.73 Å². The van der Waals surface area contributed by atoms with Crippen molar-refractivity contribution >= 4 is 41.5 Å². The lowest BCUT2D eigenvalue weighted by atomic mass is 10.0. The molecule has 0 saturated carbocycles. The van der Waals surface area contributed by atoms with E-state index in [2.05, 4.69) is 9.88 Å². The molecule has 0 bridgehead atoms. The summed E-state index contributed by atoms with van der Waals surface area (Å²) in [5.41, 5.74) is 7.77. The lowest BCUT2D eigenvalue weighted by Gasteiger charge is -2.29. The number of nitrogens with one attached hydrogen (secondary N) is 1. The van der Waals surface area contributed by atoms with Crippen molar-refractivity contribution in [2.75, 3.05) is 19.6 Å². The molecule has 23 heavy (non-hydrogen) atoms. The van der Waals surface area contributed by atoms with Gasteiger partial charge in [-0.2, -0.15) is 0 Å². The normalized spacial score (nSPS) is 15.9. The van der Waals surface area contributed by atoms with Crippen LogP contribution < -0.4 is 5.73 Å². The molecule has 1 aliphatic heterocycles. The van der Waals surface area contributed by atoms with Crippen LogP contribution in [0.25, 0.3) is 10.9 Å². The number of ketones is 1. The zero-order chi connectivity index (χ0) is 14.7. The van der Waals surface area contributed by atoms with Gasteiger partial charge in [-0.05, 0) is 45.0 Å². The van der Waals surface area contributed by atoms with Crippen molar-refractivity contribution in [1.29, 1.82) is 0 Å². The number of para-hydroxylation sites is 1. The molecule has 6 heteroatoms. The molecule has 3 N–H and O–H groups in total. The van der Waals surface area contributed by atoms with Gasteiger partial charge in [-0.1, -0.05) is 18.2 Å². The molecular formula is C17H25Cl2N3O. The summed E-state index contributed by atoms with van der Waals surface area (Å²) in [5, 5.41) is 1.03. The summed E-state index contributed by atoms with van der Waals surface area (Å²) in [7, 11) is 0. The molecule has 0 amide bonds. The standard InChI is InChI=1S/C17H23N3O.2ClH/c18-13-7-10-20(11-8-13)9-3-6-17(21)15-12-19-16-5-2-1-4-14(15)16;;/h1-2,4-5,12-13,19H,3,6-11,18H2;2*1H. The maximum atomic E-state index is 12.4. The summed E-state index contributed by atoms with van der Waals surface area (Å²) in [4.78, 5) is 17.9. The highest BCUT2D eigenvalue weighted by Crippen LogP contribution is 2.19. The Morgan fingerprint density at radius 2 is 1.91 bits per heavy atom. The first-order chi connectivity index (χ1) is 10.2. The van der Waals surface area contributed by atoms with Crippen LogP contribution in [0.4, 0.5) is 0 Å². The number of hydrogen-bond donors (Lipinski definition) is 2. The molecule has 1 fully saturated rings. The number of piperidine rings is 1. The molecule has 0 atom stereocenters. The third-order valence-electron chi connectivity index (χ3n) is 4.40. The fraction of sp³-hybridized carbons (Fsp3) is 0.471. The van der Waals surface area contributed by atoms with E-state index in [1.807, 2.05) is 30.5 Å². The summed E-state index contributed by atoms with van der Waals surface area (Å²) >= 11 is 0. The van der Waals surface area contributed by atoms with Crippen LogP contribution in [0.3, 0.4) is 0 Å². The van der Waals surface area contributed by atoms with E-state index in [1.165, 1.54) is 0 Å². The third-order valence-corrected chi connectivity index (χ3v) is 4.40. The molecule has 3 rings (SSSR count). The SMILES string of the molecule is Cl.Cl.NC1CCN(CCCC(=O)c2c[nH]c3ccccc23)CC1. The van der Waals surface area contributed by atoms with Gasteiger partial charge in [0.2, 0.25) is 0 Å². The third kappa shape index (κ3) is 4.95. The summed E-state index contributed by atoms with van der Waals surface area (Å²) in [6.45, 7) is 3.14. The number of aromatic nitrogens is 1. The van der Waals surface area contributed by atoms with Crippen LogP contribution in [0, 0.1) is 0 Å². The highest BCUT2D eigenvalue weighted by Gasteiger charge is 2.16. The van der Waals surface area contributed by atoms with Crippen LogP contribution >= 0.6 is 24.8 Å². The minimum absolute atomic E-state index is 0. The van der Waals surface area contributed by atoms with Crippen molar-refractivity contribution in [3.8, 4) is 0 Å². The molecule has 128 valence electrons. The quantitative estimate of drug-likeness (QED) is 0.806. The van der Waals surface area contributed by atoms with Crippen molar-refractivity contribution in [3.63, 3.8) is 0 Å². The lowest BCUT2D eigenvalue weighted by Crippen LogP contribution is -2.40. The minimum Gasteiger partial charge on any atom is -0.360 e. The van der Waals surface area contributed by atoms with Gasteiger partial charge in [0.25, 0.3) is 0 Å². The zero-order valence-electron chi connectivity index (χ0n) is 13.2. The molecular weight excluding hydrogens is 333 g/mol. The Kier molecular flexibility index (Phi) is 8.06. The van der Waals surface area contributed by atoms with Crippen molar-refractivity contribution in [1.82, 2.24) is 9.88 Å². The summed E-state index contributed by atoms with van der Waals surface area (Å²) in [6, 6.07) is 8.33. The summed E-state index contributed by atoms with van der Waals surface area (Å²) < 4.78 is 0. The highest BCUT2D eigenvalue weighted by molar-refractivity contribution is 6.07. The number of aromatic amines is 1. The number of fused-ring (bicyclic) bond motifs is 1. The number of likely N-dealkylation sites (tertiary alicyclic amines) is 1. The lowest BCUT2D eigenvalue weighted by molar-refractivity contribution is 0.0974. The number of nitrogens with two attached hydrogens (primary N) is 1. The molecule has 0 aliphatic carbocycles. The van der Waals surface area contributed by atoms with E-state index in [9.17, 15) is 4.79 Å². The number of hydrogen-bond acceptors (Lipinski definition) is 3. The topological polar surface area (TPSA) is 62.1 Å². The predicted octanol–water partition coefficient (Wildman–Crippen LogP) is 3.40. The minimum atomic E-state index is 0. The second-order valence-electron chi connectivity index (χ2n) is 5.95. The molecule has 4 nitrogen and oxygen atoms in total. The van der Waals surface area contributed by atoms with E-state index >= 15 is 0 Å².